The summed E-state index contributed by atoms with van der Waals surface area (Å²) >= 11 is 0. The van der Waals surface area contributed by atoms with Crippen molar-refractivity contribution in [3.63, 3.8) is 0 Å². The molecule has 26 heavy (non-hydrogen) atoms. The zero-order chi connectivity index (χ0) is 18.9. The third-order valence-corrected chi connectivity index (χ3v) is 4.80. The molecule has 1 heterocycles. The van der Waals surface area contributed by atoms with Crippen LogP contribution in [0.2, 0.25) is 0 Å². The number of hydroxylamine groups is 1. The highest BCUT2D eigenvalue weighted by Crippen LogP contribution is 2.13. The van der Waals surface area contributed by atoms with Crippen LogP contribution in [0.3, 0.4) is 0 Å². The van der Waals surface area contributed by atoms with Gasteiger partial charge in [-0.15, -0.1) is 0 Å². The van der Waals surface area contributed by atoms with Gasteiger partial charge < -0.3 is 10.2 Å². The summed E-state index contributed by atoms with van der Waals surface area (Å²) in [5.74, 6) is 0.712. The Morgan fingerprint density at radius 2 is 2.15 bits per heavy atom. The molecule has 0 saturated carbocycles. The van der Waals surface area contributed by atoms with Gasteiger partial charge in [0.05, 0.1) is 17.7 Å². The van der Waals surface area contributed by atoms with E-state index in [1.54, 1.807) is 6.07 Å². The maximum Gasteiger partial charge on any atom is 0.239 e. The Bertz CT molecular complexity index is 618. The first kappa shape index (κ1) is 20.4. The lowest BCUT2D eigenvalue weighted by atomic mass is 10.0. The monoisotopic (exact) mass is 359 g/mol. The lowest BCUT2D eigenvalue weighted by Gasteiger charge is -2.33. The highest BCUT2D eigenvalue weighted by atomic mass is 16.6. The van der Waals surface area contributed by atoms with Crippen molar-refractivity contribution in [2.75, 3.05) is 20.1 Å². The Morgan fingerprint density at radius 1 is 1.42 bits per heavy atom. The van der Waals surface area contributed by atoms with Gasteiger partial charge in [-0.1, -0.05) is 26.0 Å². The largest absolute Gasteiger partial charge is 0.341 e. The van der Waals surface area contributed by atoms with E-state index in [2.05, 4.69) is 25.2 Å². The molecule has 142 valence electrons. The minimum absolute atomic E-state index is 0.0841. The molecule has 0 aliphatic carbocycles. The Hall–Kier alpha value is -1.94. The van der Waals surface area contributed by atoms with Gasteiger partial charge in [0, 0.05) is 25.9 Å². The molecular weight excluding hydrogens is 328 g/mol. The third kappa shape index (κ3) is 6.10. The summed E-state index contributed by atoms with van der Waals surface area (Å²) in [6, 6.07) is 9.90. The molecule has 1 amide bonds. The number of likely N-dealkylation sites (N-methyl/N-ethyl adjacent to an activating group) is 1. The van der Waals surface area contributed by atoms with Crippen molar-refractivity contribution < 1.29 is 15.1 Å². The van der Waals surface area contributed by atoms with Gasteiger partial charge >= 0.3 is 0 Å². The van der Waals surface area contributed by atoms with Crippen molar-refractivity contribution in [2.45, 2.75) is 51.8 Å². The number of quaternary nitrogens is 1. The molecule has 3 N–H and O–H groups in total. The number of hydrogen-bond acceptors (Lipinski definition) is 4. The van der Waals surface area contributed by atoms with Gasteiger partial charge in [-0.25, -0.2) is 4.84 Å². The number of piperidine rings is 1. The number of likely N-dealkylation sites (tertiary alicyclic amines) is 1. The zero-order valence-corrected chi connectivity index (χ0v) is 16.1. The normalized spacial score (nSPS) is 16.5. The van der Waals surface area contributed by atoms with Crippen molar-refractivity contribution in [1.29, 1.82) is 5.26 Å². The van der Waals surface area contributed by atoms with E-state index in [9.17, 15) is 4.79 Å². The van der Waals surface area contributed by atoms with Crippen LogP contribution >= 0.6 is 0 Å². The first-order chi connectivity index (χ1) is 12.5. The topological polar surface area (TPSA) is 82.0 Å². The predicted molar refractivity (Wildman–Crippen MR) is 99.8 cm³/mol. The fourth-order valence-corrected chi connectivity index (χ4v) is 3.30. The van der Waals surface area contributed by atoms with E-state index in [4.69, 9.17) is 10.1 Å². The Morgan fingerprint density at radius 3 is 2.77 bits per heavy atom. The molecule has 1 aromatic rings. The van der Waals surface area contributed by atoms with Gasteiger partial charge in [0.2, 0.25) is 5.91 Å². The quantitative estimate of drug-likeness (QED) is 0.683. The van der Waals surface area contributed by atoms with Gasteiger partial charge in [-0.3, -0.25) is 4.79 Å². The average molecular weight is 359 g/mol. The summed E-state index contributed by atoms with van der Waals surface area (Å²) in [6.07, 6.45) is 2.73. The highest BCUT2D eigenvalue weighted by molar-refractivity contribution is 5.82. The van der Waals surface area contributed by atoms with E-state index in [-0.39, 0.29) is 11.9 Å². The number of nitrogens with one attached hydrogen (secondary N) is 1. The lowest BCUT2D eigenvalue weighted by Crippen LogP contribution is -2.90. The molecule has 1 saturated heterocycles. The van der Waals surface area contributed by atoms with Crippen LogP contribution in [0.25, 0.3) is 0 Å². The molecule has 0 aromatic heterocycles. The van der Waals surface area contributed by atoms with Crippen LogP contribution in [-0.2, 0) is 16.2 Å². The summed E-state index contributed by atoms with van der Waals surface area (Å²) in [5, 5.41) is 12.1. The fourth-order valence-electron chi connectivity index (χ4n) is 3.30. The number of rotatable bonds is 8. The first-order valence-corrected chi connectivity index (χ1v) is 9.43. The molecule has 1 aromatic carbocycles. The second-order valence-corrected chi connectivity index (χ2v) is 7.39. The Kier molecular flexibility index (Phi) is 8.05. The van der Waals surface area contributed by atoms with Gasteiger partial charge in [0.1, 0.15) is 12.6 Å². The third-order valence-electron chi connectivity index (χ3n) is 4.80. The van der Waals surface area contributed by atoms with E-state index >= 15 is 0 Å². The maximum atomic E-state index is 12.6. The van der Waals surface area contributed by atoms with Crippen LogP contribution in [-0.4, -0.2) is 43.0 Å². The molecule has 0 bridgehead atoms. The van der Waals surface area contributed by atoms with E-state index in [0.717, 1.165) is 37.9 Å². The summed E-state index contributed by atoms with van der Waals surface area (Å²) in [6.45, 7) is 6.32. The van der Waals surface area contributed by atoms with Crippen molar-refractivity contribution in [1.82, 2.24) is 10.2 Å². The van der Waals surface area contributed by atoms with E-state index in [1.807, 2.05) is 35.6 Å². The minimum Gasteiger partial charge on any atom is -0.341 e. The molecule has 1 aliphatic heterocycles. The zero-order valence-electron chi connectivity index (χ0n) is 16.1. The van der Waals surface area contributed by atoms with E-state index < -0.39 is 0 Å². The number of hydrogen-bond donors (Lipinski definition) is 2. The molecular formula is C20H31N4O2+. The summed E-state index contributed by atoms with van der Waals surface area (Å²) < 4.78 is 0. The predicted octanol–water partition coefficient (Wildman–Crippen LogP) is 1.18. The smallest absolute Gasteiger partial charge is 0.239 e. The standard InChI is InChI=1S/C20H30N4O2/c1-15(2)11-19(22-3)20(25)24-9-7-18(8-10-24)23-26-14-17-6-4-5-16(12-17)13-21/h4-6,12,15,18-19,22-23H,7-11,14H2,1-3H3/p+1/t19-/m0/s1. The van der Waals surface area contributed by atoms with Crippen LogP contribution in [0.1, 0.15) is 44.2 Å². The molecule has 6 nitrogen and oxygen atoms in total. The summed E-state index contributed by atoms with van der Waals surface area (Å²) in [5.41, 5.74) is 3.56. The fraction of sp³-hybridized carbons (Fsp3) is 0.600. The number of nitrogens with two attached hydrogens (primary N) is 1. The molecule has 2 rings (SSSR count). The number of amides is 1. The second-order valence-electron chi connectivity index (χ2n) is 7.39. The average Bonchev–Trinajstić information content (AvgIpc) is 2.66. The van der Waals surface area contributed by atoms with Crippen molar-refractivity contribution in [2.24, 2.45) is 5.92 Å². The summed E-state index contributed by atoms with van der Waals surface area (Å²) in [4.78, 5) is 20.3. The van der Waals surface area contributed by atoms with Crippen LogP contribution in [0.5, 0.6) is 0 Å². The molecule has 1 atom stereocenters. The van der Waals surface area contributed by atoms with Crippen LogP contribution < -0.4 is 10.8 Å². The Labute approximate surface area is 156 Å². The number of carbonyl (C=O) groups is 1. The van der Waals surface area contributed by atoms with Crippen LogP contribution in [0.4, 0.5) is 0 Å². The molecule has 0 unspecified atom stereocenters. The molecule has 0 radical (unpaired) electrons. The number of nitrogens with zero attached hydrogens (tertiary/aromatic N) is 2. The summed E-state index contributed by atoms with van der Waals surface area (Å²) in [7, 11) is 1.86. The Balaban J connectivity index is 1.72. The van der Waals surface area contributed by atoms with Crippen LogP contribution in [0.15, 0.2) is 24.3 Å². The number of nitriles is 1. The van der Waals surface area contributed by atoms with Gasteiger partial charge in [-0.05, 0) is 37.1 Å². The molecule has 0 spiro atoms. The SMILES string of the molecule is CN[C@@H](CC(C)C)C(=O)N1CCC([NH2+]OCc2cccc(C#N)c2)CC1. The second kappa shape index (κ2) is 10.3. The maximum absolute atomic E-state index is 12.6. The number of carbonyl (C=O) groups excluding carboxylic acids is 1. The van der Waals surface area contributed by atoms with Gasteiger partial charge in [0.25, 0.3) is 0 Å². The lowest BCUT2D eigenvalue weighted by molar-refractivity contribution is -0.923. The highest BCUT2D eigenvalue weighted by Gasteiger charge is 2.29. The van der Waals surface area contributed by atoms with Crippen molar-refractivity contribution >= 4 is 5.91 Å². The molecule has 6 heteroatoms. The van der Waals surface area contributed by atoms with E-state index in [0.29, 0.717) is 24.1 Å². The molecule has 1 aliphatic rings. The minimum atomic E-state index is -0.0841. The van der Waals surface area contributed by atoms with Crippen molar-refractivity contribution in [3.05, 3.63) is 35.4 Å². The van der Waals surface area contributed by atoms with Gasteiger partial charge in [-0.2, -0.15) is 10.7 Å². The van der Waals surface area contributed by atoms with E-state index in [1.165, 1.54) is 0 Å². The molecule has 1 fully saturated rings. The van der Waals surface area contributed by atoms with Crippen molar-refractivity contribution in [3.8, 4) is 6.07 Å². The number of benzene rings is 1. The van der Waals surface area contributed by atoms with Gasteiger partial charge in [0.15, 0.2) is 0 Å². The first-order valence-electron chi connectivity index (χ1n) is 9.43. The van der Waals surface area contributed by atoms with Crippen LogP contribution in [0, 0.1) is 17.2 Å².